The molecule has 0 spiro atoms. The van der Waals surface area contributed by atoms with Crippen LogP contribution in [0.1, 0.15) is 6.92 Å². The van der Waals surface area contributed by atoms with Crippen LogP contribution in [0, 0.1) is 0 Å². The molecule has 0 radical (unpaired) electrons. The van der Waals surface area contributed by atoms with Crippen molar-refractivity contribution in [2.24, 2.45) is 0 Å². The summed E-state index contributed by atoms with van der Waals surface area (Å²) in [5, 5.41) is 3.55. The van der Waals surface area contributed by atoms with Crippen molar-refractivity contribution >= 4 is 27.6 Å². The van der Waals surface area contributed by atoms with Gasteiger partial charge in [0.1, 0.15) is 0 Å². The van der Waals surface area contributed by atoms with Gasteiger partial charge >= 0.3 is 5.97 Å². The maximum atomic E-state index is 11.7. The molecule has 21 heavy (non-hydrogen) atoms. The first-order chi connectivity index (χ1) is 9.79. The van der Waals surface area contributed by atoms with Crippen LogP contribution in [0.2, 0.25) is 0 Å². The fourth-order valence-electron chi connectivity index (χ4n) is 2.52. The van der Waals surface area contributed by atoms with Gasteiger partial charge in [-0.3, -0.25) is 0 Å². The van der Waals surface area contributed by atoms with E-state index in [4.69, 9.17) is 4.74 Å². The van der Waals surface area contributed by atoms with Crippen LogP contribution in [0.3, 0.4) is 0 Å². The number of hydrogen-bond acceptors (Lipinski definition) is 2. The van der Waals surface area contributed by atoms with Crippen LogP contribution in [0.4, 0.5) is 0 Å². The van der Waals surface area contributed by atoms with Gasteiger partial charge < -0.3 is 21.7 Å². The number of halogens is 1. The maximum Gasteiger partial charge on any atom is 0.372 e. The number of carbonyl (C=O) groups is 1. The molecule has 0 N–H and O–H groups in total. The molecule has 0 amide bonds. The van der Waals surface area contributed by atoms with E-state index in [0.717, 1.165) is 10.9 Å². The summed E-state index contributed by atoms with van der Waals surface area (Å²) in [5.74, 6) is -0.210. The first-order valence-electron chi connectivity index (χ1n) is 6.75. The van der Waals surface area contributed by atoms with E-state index >= 15 is 0 Å². The Hall–Kier alpha value is -1.94. The number of esters is 1. The number of rotatable bonds is 3. The zero-order chi connectivity index (χ0) is 13.9. The molecule has 3 nitrogen and oxygen atoms in total. The Labute approximate surface area is 133 Å². The van der Waals surface area contributed by atoms with Crippen molar-refractivity contribution in [1.29, 1.82) is 0 Å². The van der Waals surface area contributed by atoms with Crippen LogP contribution in [0.5, 0.6) is 0 Å². The van der Waals surface area contributed by atoms with Crippen molar-refractivity contribution < 1.29 is 31.1 Å². The molecule has 0 atom stereocenters. The van der Waals surface area contributed by atoms with Crippen LogP contribution in [-0.4, -0.2) is 12.6 Å². The number of benzene rings is 2. The number of carbonyl (C=O) groups excluding carboxylic acids is 1. The predicted molar refractivity (Wildman–Crippen MR) is 78.3 cm³/mol. The molecule has 1 aromatic heterocycles. The summed E-state index contributed by atoms with van der Waals surface area (Å²) in [6.07, 6.45) is 1.91. The fraction of sp³-hybridized carbons (Fsp3) is 0.176. The SMILES string of the molecule is CCOC(=O)C[n+]1cccc2c3ccccc3ccc21.[Br-]. The number of nitrogens with zero attached hydrogens (tertiary/aromatic N) is 1. The van der Waals surface area contributed by atoms with Gasteiger partial charge in [0.15, 0.2) is 6.20 Å². The zero-order valence-corrected chi connectivity index (χ0v) is 13.3. The van der Waals surface area contributed by atoms with E-state index in [9.17, 15) is 4.79 Å². The van der Waals surface area contributed by atoms with Crippen molar-refractivity contribution in [2.75, 3.05) is 6.61 Å². The molecule has 108 valence electrons. The Bertz CT molecular complexity index is 786. The van der Waals surface area contributed by atoms with E-state index in [-0.39, 0.29) is 29.5 Å². The maximum absolute atomic E-state index is 11.7. The molecule has 0 bridgehead atoms. The number of aromatic nitrogens is 1. The molecule has 0 aliphatic rings. The van der Waals surface area contributed by atoms with E-state index in [1.54, 1.807) is 0 Å². The summed E-state index contributed by atoms with van der Waals surface area (Å²) >= 11 is 0. The average Bonchev–Trinajstić information content (AvgIpc) is 2.47. The largest absolute Gasteiger partial charge is 1.00 e. The highest BCUT2D eigenvalue weighted by molar-refractivity contribution is 6.04. The highest BCUT2D eigenvalue weighted by atomic mass is 79.9. The van der Waals surface area contributed by atoms with E-state index < -0.39 is 0 Å². The predicted octanol–water partition coefficient (Wildman–Crippen LogP) is -0.152. The Morgan fingerprint density at radius 3 is 2.62 bits per heavy atom. The molecule has 2 aromatic carbocycles. The molecule has 0 saturated carbocycles. The quantitative estimate of drug-likeness (QED) is 0.375. The van der Waals surface area contributed by atoms with Gasteiger partial charge in [-0.25, -0.2) is 4.79 Å². The minimum atomic E-state index is -0.210. The van der Waals surface area contributed by atoms with Crippen LogP contribution < -0.4 is 21.5 Å². The molecule has 0 aliphatic carbocycles. The summed E-state index contributed by atoms with van der Waals surface area (Å²) in [6.45, 7) is 2.47. The van der Waals surface area contributed by atoms with Crippen molar-refractivity contribution in [2.45, 2.75) is 13.5 Å². The van der Waals surface area contributed by atoms with Crippen LogP contribution in [0.25, 0.3) is 21.7 Å². The molecule has 0 unspecified atom stereocenters. The van der Waals surface area contributed by atoms with Crippen LogP contribution in [0.15, 0.2) is 54.7 Å². The van der Waals surface area contributed by atoms with E-state index in [1.807, 2.05) is 35.9 Å². The van der Waals surface area contributed by atoms with Gasteiger partial charge in [0.25, 0.3) is 0 Å². The van der Waals surface area contributed by atoms with Gasteiger partial charge in [0, 0.05) is 12.1 Å². The third-order valence-electron chi connectivity index (χ3n) is 3.39. The lowest BCUT2D eigenvalue weighted by Crippen LogP contribution is -3.00. The molecule has 3 rings (SSSR count). The third-order valence-corrected chi connectivity index (χ3v) is 3.39. The normalized spacial score (nSPS) is 10.3. The van der Waals surface area contributed by atoms with E-state index in [0.29, 0.717) is 6.61 Å². The van der Waals surface area contributed by atoms with Crippen molar-refractivity contribution in [3.63, 3.8) is 0 Å². The van der Waals surface area contributed by atoms with E-state index in [2.05, 4.69) is 30.3 Å². The molecule has 1 heterocycles. The van der Waals surface area contributed by atoms with Crippen LogP contribution >= 0.6 is 0 Å². The van der Waals surface area contributed by atoms with E-state index in [1.165, 1.54) is 10.8 Å². The van der Waals surface area contributed by atoms with Gasteiger partial charge in [-0.2, -0.15) is 4.57 Å². The van der Waals surface area contributed by atoms with Gasteiger partial charge in [0.05, 0.1) is 12.0 Å². The zero-order valence-electron chi connectivity index (χ0n) is 11.8. The second-order valence-corrected chi connectivity index (χ2v) is 4.66. The molecule has 0 fully saturated rings. The van der Waals surface area contributed by atoms with Gasteiger partial charge in [-0.05, 0) is 29.8 Å². The Morgan fingerprint density at radius 1 is 1.05 bits per heavy atom. The molecule has 3 aromatic rings. The van der Waals surface area contributed by atoms with Gasteiger partial charge in [-0.1, -0.05) is 24.3 Å². The highest BCUT2D eigenvalue weighted by Crippen LogP contribution is 2.22. The lowest BCUT2D eigenvalue weighted by Gasteiger charge is -2.04. The minimum absolute atomic E-state index is 0. The first-order valence-corrected chi connectivity index (χ1v) is 6.75. The first kappa shape index (κ1) is 15.4. The van der Waals surface area contributed by atoms with Crippen molar-refractivity contribution in [3.8, 4) is 0 Å². The Morgan fingerprint density at radius 2 is 1.81 bits per heavy atom. The fourth-order valence-corrected chi connectivity index (χ4v) is 2.52. The summed E-state index contributed by atoms with van der Waals surface area (Å²) in [5.41, 5.74) is 1.04. The number of pyridine rings is 1. The summed E-state index contributed by atoms with van der Waals surface area (Å²) in [7, 11) is 0. The highest BCUT2D eigenvalue weighted by Gasteiger charge is 2.15. The topological polar surface area (TPSA) is 30.2 Å². The second kappa shape index (κ2) is 6.68. The lowest BCUT2D eigenvalue weighted by molar-refractivity contribution is -0.660. The lowest BCUT2D eigenvalue weighted by atomic mass is 10.1. The Balaban J connectivity index is 0.00000161. The average molecular weight is 346 g/mol. The van der Waals surface area contributed by atoms with Gasteiger partial charge in [0.2, 0.25) is 12.1 Å². The summed E-state index contributed by atoms with van der Waals surface area (Å²) < 4.78 is 6.95. The van der Waals surface area contributed by atoms with Crippen molar-refractivity contribution in [3.05, 3.63) is 54.7 Å². The molecule has 0 aliphatic heterocycles. The summed E-state index contributed by atoms with van der Waals surface area (Å²) in [4.78, 5) is 11.7. The standard InChI is InChI=1S/C17H16NO2.BrH/c1-2-20-17(19)12-18-11-5-8-15-14-7-4-3-6-13(14)9-10-16(15)18;/h3-11H,2,12H2,1H3;1H/q+1;/p-1. The molecular formula is C17H16BrNO2. The van der Waals surface area contributed by atoms with Gasteiger partial charge in [-0.15, -0.1) is 0 Å². The number of hydrogen-bond donors (Lipinski definition) is 0. The van der Waals surface area contributed by atoms with Crippen LogP contribution in [-0.2, 0) is 16.1 Å². The minimum Gasteiger partial charge on any atom is -1.00 e. The molecule has 0 saturated heterocycles. The monoisotopic (exact) mass is 345 g/mol. The number of fused-ring (bicyclic) bond motifs is 3. The Kier molecular flexibility index (Phi) is 4.91. The van der Waals surface area contributed by atoms with Crippen molar-refractivity contribution in [1.82, 2.24) is 0 Å². The summed E-state index contributed by atoms with van der Waals surface area (Å²) in [6, 6.07) is 16.4. The second-order valence-electron chi connectivity index (χ2n) is 4.66. The molecular weight excluding hydrogens is 330 g/mol. The third kappa shape index (κ3) is 3.05. The molecule has 4 heteroatoms. The number of ether oxygens (including phenoxy) is 1. The smallest absolute Gasteiger partial charge is 0.372 e.